The number of pyridine rings is 1. The number of nitrogens with zero attached hydrogens (tertiary/aromatic N) is 5. The van der Waals surface area contributed by atoms with Gasteiger partial charge in [-0.2, -0.15) is 0 Å². The zero-order chi connectivity index (χ0) is 18.1. The van der Waals surface area contributed by atoms with Crippen molar-refractivity contribution in [2.45, 2.75) is 32.1 Å². The Bertz CT molecular complexity index is 767. The molecule has 4 rings (SSSR count). The quantitative estimate of drug-likeness (QED) is 0.840. The molecule has 2 aromatic rings. The van der Waals surface area contributed by atoms with Crippen LogP contribution >= 0.6 is 0 Å². The Hall–Kier alpha value is -2.15. The summed E-state index contributed by atoms with van der Waals surface area (Å²) in [6.45, 7) is 3.49. The minimum Gasteiger partial charge on any atom is -0.354 e. The molecule has 1 aliphatic carbocycles. The molecule has 0 saturated carbocycles. The van der Waals surface area contributed by atoms with Gasteiger partial charge in [0.05, 0.1) is 6.54 Å². The van der Waals surface area contributed by atoms with Gasteiger partial charge in [0.2, 0.25) is 0 Å². The highest BCUT2D eigenvalue weighted by Gasteiger charge is 2.30. The topological polar surface area (TPSA) is 45.2 Å². The van der Waals surface area contributed by atoms with Crippen molar-refractivity contribution in [1.82, 2.24) is 19.9 Å². The first-order chi connectivity index (χ1) is 12.5. The van der Waals surface area contributed by atoms with Gasteiger partial charge in [-0.15, -0.1) is 0 Å². The van der Waals surface area contributed by atoms with Crippen molar-refractivity contribution in [2.75, 3.05) is 37.6 Å². The highest BCUT2D eigenvalue weighted by atomic mass is 19.3. The van der Waals surface area contributed by atoms with Gasteiger partial charge < -0.3 is 4.90 Å². The van der Waals surface area contributed by atoms with Gasteiger partial charge in [0, 0.05) is 62.3 Å². The molecule has 0 bridgehead atoms. The van der Waals surface area contributed by atoms with Gasteiger partial charge in [-0.25, -0.2) is 18.7 Å². The SMILES string of the molecule is CC(F)(F)CN1CCN(c2nc(-c3cccnc3)nc3c2CCC3)CC1. The molecule has 0 spiro atoms. The minimum atomic E-state index is -2.65. The molecule has 1 fully saturated rings. The fourth-order valence-electron chi connectivity index (χ4n) is 3.81. The van der Waals surface area contributed by atoms with Crippen LogP contribution in [-0.2, 0) is 12.8 Å². The minimum absolute atomic E-state index is 0.177. The maximum Gasteiger partial charge on any atom is 0.257 e. The first kappa shape index (κ1) is 17.3. The first-order valence-electron chi connectivity index (χ1n) is 9.15. The maximum atomic E-state index is 13.3. The van der Waals surface area contributed by atoms with Gasteiger partial charge in [-0.1, -0.05) is 0 Å². The van der Waals surface area contributed by atoms with Crippen LogP contribution in [0, 0.1) is 0 Å². The third kappa shape index (κ3) is 3.67. The fourth-order valence-corrected chi connectivity index (χ4v) is 3.81. The van der Waals surface area contributed by atoms with E-state index in [-0.39, 0.29) is 6.54 Å². The summed E-state index contributed by atoms with van der Waals surface area (Å²) in [6, 6.07) is 3.85. The lowest BCUT2D eigenvalue weighted by molar-refractivity contribution is -0.0155. The molecule has 26 heavy (non-hydrogen) atoms. The second kappa shape index (κ2) is 6.87. The van der Waals surface area contributed by atoms with E-state index in [0.717, 1.165) is 43.3 Å². The summed E-state index contributed by atoms with van der Waals surface area (Å²) in [7, 11) is 0. The Balaban J connectivity index is 1.58. The summed E-state index contributed by atoms with van der Waals surface area (Å²) < 4.78 is 26.5. The molecule has 0 amide bonds. The standard InChI is InChI=1S/C19H23F2N5/c1-19(20,21)13-25-8-10-26(11-9-25)18-15-5-2-6-16(15)23-17(24-18)14-4-3-7-22-12-14/h3-4,7,12H,2,5-6,8-11,13H2,1H3. The highest BCUT2D eigenvalue weighted by Crippen LogP contribution is 2.32. The van der Waals surface area contributed by atoms with Crippen molar-refractivity contribution in [3.05, 3.63) is 35.8 Å². The average Bonchev–Trinajstić information content (AvgIpc) is 3.10. The largest absolute Gasteiger partial charge is 0.354 e. The number of rotatable bonds is 4. The van der Waals surface area contributed by atoms with E-state index in [1.807, 2.05) is 17.0 Å². The van der Waals surface area contributed by atoms with E-state index < -0.39 is 5.92 Å². The van der Waals surface area contributed by atoms with E-state index in [0.29, 0.717) is 32.0 Å². The molecule has 7 heteroatoms. The Kier molecular flexibility index (Phi) is 4.56. The fraction of sp³-hybridized carbons (Fsp3) is 0.526. The molecule has 0 aromatic carbocycles. The maximum absolute atomic E-state index is 13.3. The van der Waals surface area contributed by atoms with Crippen LogP contribution < -0.4 is 4.90 Å². The second-order valence-electron chi connectivity index (χ2n) is 7.22. The van der Waals surface area contributed by atoms with E-state index in [9.17, 15) is 8.78 Å². The molecule has 5 nitrogen and oxygen atoms in total. The number of hydrogen-bond acceptors (Lipinski definition) is 5. The molecule has 2 aliphatic rings. The van der Waals surface area contributed by atoms with Crippen LogP contribution in [0.2, 0.25) is 0 Å². The molecule has 3 heterocycles. The van der Waals surface area contributed by atoms with Crippen molar-refractivity contribution in [3.63, 3.8) is 0 Å². The van der Waals surface area contributed by atoms with Gasteiger partial charge >= 0.3 is 0 Å². The summed E-state index contributed by atoms with van der Waals surface area (Å²) in [4.78, 5) is 17.8. The second-order valence-corrected chi connectivity index (χ2v) is 7.22. The van der Waals surface area contributed by atoms with E-state index in [4.69, 9.17) is 9.97 Å². The first-order valence-corrected chi connectivity index (χ1v) is 9.15. The molecular weight excluding hydrogens is 336 g/mol. The summed E-state index contributed by atoms with van der Waals surface area (Å²) in [5.74, 6) is -0.961. The predicted octanol–water partition coefficient (Wildman–Crippen LogP) is 2.80. The molecular formula is C19H23F2N5. The summed E-state index contributed by atoms with van der Waals surface area (Å²) in [5, 5.41) is 0. The van der Waals surface area contributed by atoms with Crippen LogP contribution in [0.4, 0.5) is 14.6 Å². The van der Waals surface area contributed by atoms with Gasteiger partial charge in [-0.05, 0) is 31.4 Å². The third-order valence-electron chi connectivity index (χ3n) is 5.00. The zero-order valence-electron chi connectivity index (χ0n) is 15.0. The number of anilines is 1. The van der Waals surface area contributed by atoms with Crippen LogP contribution in [0.25, 0.3) is 11.4 Å². The lowest BCUT2D eigenvalue weighted by atomic mass is 10.2. The van der Waals surface area contributed by atoms with Crippen molar-refractivity contribution < 1.29 is 8.78 Å². The summed E-state index contributed by atoms with van der Waals surface area (Å²) in [5.41, 5.74) is 3.26. The average molecular weight is 359 g/mol. The van der Waals surface area contributed by atoms with Crippen molar-refractivity contribution in [3.8, 4) is 11.4 Å². The Morgan fingerprint density at radius 1 is 1.12 bits per heavy atom. The van der Waals surface area contributed by atoms with E-state index in [1.54, 1.807) is 12.4 Å². The molecule has 0 atom stereocenters. The lowest BCUT2D eigenvalue weighted by Crippen LogP contribution is -2.50. The van der Waals surface area contributed by atoms with Crippen LogP contribution in [0.1, 0.15) is 24.6 Å². The Labute approximate surface area is 152 Å². The van der Waals surface area contributed by atoms with Crippen molar-refractivity contribution >= 4 is 5.82 Å². The number of halogens is 2. The van der Waals surface area contributed by atoms with E-state index >= 15 is 0 Å². The normalized spacial score (nSPS) is 18.2. The number of fused-ring (bicyclic) bond motifs is 1. The lowest BCUT2D eigenvalue weighted by Gasteiger charge is -2.37. The summed E-state index contributed by atoms with van der Waals surface area (Å²) in [6.07, 6.45) is 6.57. The zero-order valence-corrected chi connectivity index (χ0v) is 15.0. The highest BCUT2D eigenvalue weighted by molar-refractivity contribution is 5.61. The number of alkyl halides is 2. The van der Waals surface area contributed by atoms with E-state index in [2.05, 4.69) is 9.88 Å². The van der Waals surface area contributed by atoms with Gasteiger partial charge in [0.15, 0.2) is 5.82 Å². The van der Waals surface area contributed by atoms with Gasteiger partial charge in [0.1, 0.15) is 5.82 Å². The van der Waals surface area contributed by atoms with E-state index in [1.165, 1.54) is 5.56 Å². The van der Waals surface area contributed by atoms with Crippen molar-refractivity contribution in [2.24, 2.45) is 0 Å². The number of aryl methyl sites for hydroxylation is 1. The molecule has 1 aliphatic heterocycles. The number of piperazine rings is 1. The third-order valence-corrected chi connectivity index (χ3v) is 5.00. The molecule has 138 valence electrons. The monoisotopic (exact) mass is 359 g/mol. The predicted molar refractivity (Wildman–Crippen MR) is 96.6 cm³/mol. The molecule has 0 radical (unpaired) electrons. The Morgan fingerprint density at radius 3 is 2.62 bits per heavy atom. The van der Waals surface area contributed by atoms with Gasteiger partial charge in [-0.3, -0.25) is 9.88 Å². The summed E-state index contributed by atoms with van der Waals surface area (Å²) >= 11 is 0. The molecule has 2 aromatic heterocycles. The molecule has 0 N–H and O–H groups in total. The number of hydrogen-bond donors (Lipinski definition) is 0. The van der Waals surface area contributed by atoms with Gasteiger partial charge in [0.25, 0.3) is 5.92 Å². The molecule has 0 unspecified atom stereocenters. The molecule has 1 saturated heterocycles. The van der Waals surface area contributed by atoms with Crippen molar-refractivity contribution in [1.29, 1.82) is 0 Å². The van der Waals surface area contributed by atoms with Crippen LogP contribution in [-0.4, -0.2) is 58.5 Å². The van der Waals surface area contributed by atoms with Crippen LogP contribution in [0.15, 0.2) is 24.5 Å². The number of aromatic nitrogens is 3. The Morgan fingerprint density at radius 2 is 1.92 bits per heavy atom. The van der Waals surface area contributed by atoms with Crippen LogP contribution in [0.3, 0.4) is 0 Å². The smallest absolute Gasteiger partial charge is 0.257 e. The van der Waals surface area contributed by atoms with Crippen LogP contribution in [0.5, 0.6) is 0 Å².